The number of allylic oxidation sites excluding steroid dienone is 1. The predicted octanol–water partition coefficient (Wildman–Crippen LogP) is 6.27. The molecule has 6 heteroatoms. The molecule has 0 spiro atoms. The van der Waals surface area contributed by atoms with Crippen LogP contribution in [0.4, 0.5) is 0 Å². The van der Waals surface area contributed by atoms with E-state index in [4.69, 9.17) is 14.5 Å². The number of carbonyl (C=O) groups excluding carboxylic acids is 1. The summed E-state index contributed by atoms with van der Waals surface area (Å²) in [5.74, 6) is 2.17. The van der Waals surface area contributed by atoms with E-state index in [0.29, 0.717) is 13.2 Å². The van der Waals surface area contributed by atoms with Crippen molar-refractivity contribution >= 4 is 29.1 Å². The number of nitrogens with one attached hydrogen (secondary N) is 1. The minimum Gasteiger partial charge on any atom is -0.493 e. The number of hydrogen-bond donors (Lipinski definition) is 1. The van der Waals surface area contributed by atoms with E-state index in [1.54, 1.807) is 19.3 Å². The van der Waals surface area contributed by atoms with Gasteiger partial charge in [0, 0.05) is 12.6 Å². The third-order valence-electron chi connectivity index (χ3n) is 5.96. The fraction of sp³-hybridized carbons (Fsp3) is 0.226. The molecular formula is C31H33N3O3. The van der Waals surface area contributed by atoms with Gasteiger partial charge in [0.2, 0.25) is 5.91 Å². The molecule has 1 N–H and O–H groups in total. The zero-order chi connectivity index (χ0) is 25.9. The van der Waals surface area contributed by atoms with Gasteiger partial charge < -0.3 is 19.4 Å². The first-order valence-corrected chi connectivity index (χ1v) is 12.6. The van der Waals surface area contributed by atoms with Crippen LogP contribution in [0.15, 0.2) is 84.9 Å². The van der Waals surface area contributed by atoms with Gasteiger partial charge in [-0.1, -0.05) is 60.7 Å². The Morgan fingerprint density at radius 3 is 2.57 bits per heavy atom. The van der Waals surface area contributed by atoms with Gasteiger partial charge in [0.1, 0.15) is 5.82 Å². The van der Waals surface area contributed by atoms with Gasteiger partial charge in [-0.15, -0.1) is 0 Å². The van der Waals surface area contributed by atoms with Crippen molar-refractivity contribution < 1.29 is 14.3 Å². The highest BCUT2D eigenvalue weighted by atomic mass is 16.5. The van der Waals surface area contributed by atoms with E-state index in [0.717, 1.165) is 58.9 Å². The van der Waals surface area contributed by atoms with Crippen molar-refractivity contribution in [1.29, 1.82) is 0 Å². The maximum absolute atomic E-state index is 12.4. The van der Waals surface area contributed by atoms with Crippen molar-refractivity contribution in [3.8, 4) is 11.5 Å². The van der Waals surface area contributed by atoms with Gasteiger partial charge in [-0.25, -0.2) is 4.98 Å². The summed E-state index contributed by atoms with van der Waals surface area (Å²) in [4.78, 5) is 17.2. The molecule has 0 aliphatic rings. The van der Waals surface area contributed by atoms with Crippen LogP contribution in [0, 0.1) is 0 Å². The number of aryl methyl sites for hydroxylation is 1. The molecule has 1 heterocycles. The minimum atomic E-state index is -0.148. The Labute approximate surface area is 218 Å². The largest absolute Gasteiger partial charge is 0.493 e. The van der Waals surface area contributed by atoms with Crippen molar-refractivity contribution in [1.82, 2.24) is 14.9 Å². The number of nitrogens with zero attached hydrogens (tertiary/aromatic N) is 2. The van der Waals surface area contributed by atoms with Crippen LogP contribution in [0.5, 0.6) is 11.5 Å². The third-order valence-corrected chi connectivity index (χ3v) is 5.96. The van der Waals surface area contributed by atoms with E-state index in [-0.39, 0.29) is 5.91 Å². The van der Waals surface area contributed by atoms with E-state index in [2.05, 4.69) is 16.0 Å². The molecule has 0 saturated carbocycles. The highest BCUT2D eigenvalue weighted by Gasteiger charge is 2.11. The summed E-state index contributed by atoms with van der Waals surface area (Å²) in [6.07, 6.45) is 9.17. The molecule has 37 heavy (non-hydrogen) atoms. The predicted molar refractivity (Wildman–Crippen MR) is 149 cm³/mol. The van der Waals surface area contributed by atoms with Crippen molar-refractivity contribution in [3.63, 3.8) is 0 Å². The van der Waals surface area contributed by atoms with Gasteiger partial charge in [-0.3, -0.25) is 4.79 Å². The Morgan fingerprint density at radius 2 is 1.76 bits per heavy atom. The standard InChI is InChI=1S/C31H33N3O3/c1-3-11-25-16-18-28(29(22-25)36-2)37-21-10-9-20-34-27-15-8-7-14-26(27)33-30(34)23-32-31(35)19-17-24-12-5-4-6-13-24/h3-8,11-19,22H,9-10,20-21,23H2,1-2H3,(H,32,35)/b11-3+,19-17-. The number of fused-ring (bicyclic) bond motifs is 1. The summed E-state index contributed by atoms with van der Waals surface area (Å²) in [5, 5.41) is 2.97. The Kier molecular flexibility index (Phi) is 9.13. The number of hydrogen-bond acceptors (Lipinski definition) is 4. The third kappa shape index (κ3) is 7.10. The normalized spacial score (nSPS) is 11.4. The number of carbonyl (C=O) groups is 1. The Morgan fingerprint density at radius 1 is 0.946 bits per heavy atom. The van der Waals surface area contributed by atoms with Gasteiger partial charge in [-0.05, 0) is 61.2 Å². The molecule has 4 aromatic rings. The molecule has 190 valence electrons. The molecule has 1 amide bonds. The smallest absolute Gasteiger partial charge is 0.244 e. The van der Waals surface area contributed by atoms with E-state index < -0.39 is 0 Å². The molecule has 3 aromatic carbocycles. The van der Waals surface area contributed by atoms with Crippen LogP contribution in [0.2, 0.25) is 0 Å². The second-order valence-corrected chi connectivity index (χ2v) is 8.60. The first-order valence-electron chi connectivity index (χ1n) is 12.6. The summed E-state index contributed by atoms with van der Waals surface area (Å²) in [5.41, 5.74) is 4.05. The van der Waals surface area contributed by atoms with Crippen LogP contribution in [-0.2, 0) is 17.9 Å². The Bertz CT molecular complexity index is 1370. The lowest BCUT2D eigenvalue weighted by molar-refractivity contribution is -0.116. The molecule has 0 radical (unpaired) electrons. The van der Waals surface area contributed by atoms with E-state index in [1.807, 2.05) is 85.8 Å². The zero-order valence-corrected chi connectivity index (χ0v) is 21.4. The van der Waals surface area contributed by atoms with Crippen molar-refractivity contribution in [2.45, 2.75) is 32.9 Å². The number of methoxy groups -OCH3 is 1. The first kappa shape index (κ1) is 25.8. The molecule has 1 aromatic heterocycles. The molecule has 6 nitrogen and oxygen atoms in total. The van der Waals surface area contributed by atoms with Crippen LogP contribution in [0.25, 0.3) is 23.2 Å². The van der Waals surface area contributed by atoms with Crippen LogP contribution in [-0.4, -0.2) is 29.2 Å². The average Bonchev–Trinajstić information content (AvgIpc) is 3.29. The second-order valence-electron chi connectivity index (χ2n) is 8.60. The summed E-state index contributed by atoms with van der Waals surface area (Å²) in [6, 6.07) is 23.8. The first-order chi connectivity index (χ1) is 18.2. The van der Waals surface area contributed by atoms with Crippen LogP contribution in [0.1, 0.15) is 36.7 Å². The molecule has 4 rings (SSSR count). The summed E-state index contributed by atoms with van der Waals surface area (Å²) < 4.78 is 13.7. The maximum atomic E-state index is 12.4. The van der Waals surface area contributed by atoms with E-state index in [1.165, 1.54) is 0 Å². The van der Waals surface area contributed by atoms with Crippen LogP contribution < -0.4 is 14.8 Å². The molecular weight excluding hydrogens is 462 g/mol. The van der Waals surface area contributed by atoms with Crippen molar-refractivity contribution in [2.75, 3.05) is 13.7 Å². The fourth-order valence-electron chi connectivity index (χ4n) is 4.12. The van der Waals surface area contributed by atoms with E-state index in [9.17, 15) is 4.79 Å². The highest BCUT2D eigenvalue weighted by molar-refractivity contribution is 5.91. The maximum Gasteiger partial charge on any atom is 0.244 e. The molecule has 0 bridgehead atoms. The minimum absolute atomic E-state index is 0.148. The van der Waals surface area contributed by atoms with Crippen LogP contribution in [0.3, 0.4) is 0 Å². The van der Waals surface area contributed by atoms with Gasteiger partial charge in [-0.2, -0.15) is 0 Å². The lowest BCUT2D eigenvalue weighted by Crippen LogP contribution is -2.22. The van der Waals surface area contributed by atoms with Gasteiger partial charge in [0.25, 0.3) is 0 Å². The summed E-state index contributed by atoms with van der Waals surface area (Å²) in [6.45, 7) is 3.72. The highest BCUT2D eigenvalue weighted by Crippen LogP contribution is 2.29. The molecule has 0 fully saturated rings. The number of aromatic nitrogens is 2. The van der Waals surface area contributed by atoms with Gasteiger partial charge in [0.15, 0.2) is 11.5 Å². The summed E-state index contributed by atoms with van der Waals surface area (Å²) in [7, 11) is 1.66. The Balaban J connectivity index is 1.33. The molecule has 0 saturated heterocycles. The second kappa shape index (κ2) is 13.1. The summed E-state index contributed by atoms with van der Waals surface area (Å²) >= 11 is 0. The van der Waals surface area contributed by atoms with Gasteiger partial charge >= 0.3 is 0 Å². The van der Waals surface area contributed by atoms with Gasteiger partial charge in [0.05, 0.1) is 31.3 Å². The average molecular weight is 496 g/mol. The molecule has 0 aliphatic heterocycles. The van der Waals surface area contributed by atoms with Crippen molar-refractivity contribution in [2.24, 2.45) is 0 Å². The fourth-order valence-corrected chi connectivity index (χ4v) is 4.12. The number of rotatable bonds is 12. The topological polar surface area (TPSA) is 65.4 Å². The number of unbranched alkanes of at least 4 members (excludes halogenated alkanes) is 1. The van der Waals surface area contributed by atoms with E-state index >= 15 is 0 Å². The number of para-hydroxylation sites is 2. The number of amides is 1. The SMILES string of the molecule is C/C=C/c1ccc(OCCCCn2c(CNC(=O)/C=C\c3ccccc3)nc3ccccc32)c(OC)c1. The monoisotopic (exact) mass is 495 g/mol. The molecule has 0 unspecified atom stereocenters. The molecule has 0 atom stereocenters. The Hall–Kier alpha value is -4.32. The molecule has 0 aliphatic carbocycles. The van der Waals surface area contributed by atoms with Crippen LogP contribution >= 0.6 is 0 Å². The number of imidazole rings is 1. The lowest BCUT2D eigenvalue weighted by atomic mass is 10.2. The number of ether oxygens (including phenoxy) is 2. The lowest BCUT2D eigenvalue weighted by Gasteiger charge is -2.12. The quantitative estimate of drug-likeness (QED) is 0.186. The zero-order valence-electron chi connectivity index (χ0n) is 21.4. The number of benzene rings is 3. The van der Waals surface area contributed by atoms with Crippen molar-refractivity contribution in [3.05, 3.63) is 102 Å².